The molecule has 0 saturated heterocycles. The van der Waals surface area contributed by atoms with E-state index in [4.69, 9.17) is 0 Å². The first-order valence-corrected chi connectivity index (χ1v) is 22.0. The molecule has 0 unspecified atom stereocenters. The van der Waals surface area contributed by atoms with Crippen LogP contribution < -0.4 is 0 Å². The van der Waals surface area contributed by atoms with Gasteiger partial charge in [0.25, 0.3) is 0 Å². The smallest absolute Gasteiger partial charge is 0.0356 e. The van der Waals surface area contributed by atoms with Crippen molar-refractivity contribution in [2.24, 2.45) is 0 Å². The minimum Gasteiger partial charge on any atom is -0.374 e. The van der Waals surface area contributed by atoms with Gasteiger partial charge in [0.15, 0.2) is 0 Å². The summed E-state index contributed by atoms with van der Waals surface area (Å²) in [5.74, 6) is 0. The standard InChI is InChI=1S/C60H39N/c1-31-11-4-6-13-35(31)34-18-19-38-41-20-21-42-44-24-26-47-56-48(27-25-45(55(44)56)43-22-23-46(49(38)29-34)53(41)54(42)43)59-57-40-16-9-8-15-39(40)52-37-14-7-5-12-33(37)30-50(60(52)57)51(58(47)59)36-17-10-28-61(3)32(36)2/h4-7,9-14,16-27,29-30H,8,15,28H2,1-3H3. The molecule has 12 aromatic carbocycles. The van der Waals surface area contributed by atoms with E-state index in [2.05, 4.69) is 171 Å². The molecule has 2 aliphatic carbocycles. The van der Waals surface area contributed by atoms with Crippen molar-refractivity contribution in [3.8, 4) is 33.4 Å². The van der Waals surface area contributed by atoms with Crippen molar-refractivity contribution >= 4 is 109 Å². The fraction of sp³-hybridized carbons (Fsp3) is 0.100. The van der Waals surface area contributed by atoms with Crippen LogP contribution >= 0.6 is 0 Å². The molecule has 1 aliphatic heterocycles. The molecular weight excluding hydrogens is 735 g/mol. The van der Waals surface area contributed by atoms with Crippen molar-refractivity contribution in [3.63, 3.8) is 0 Å². The topological polar surface area (TPSA) is 3.24 Å². The molecule has 3 aliphatic rings. The van der Waals surface area contributed by atoms with Gasteiger partial charge in [0.1, 0.15) is 0 Å². The first kappa shape index (κ1) is 32.6. The van der Waals surface area contributed by atoms with Gasteiger partial charge in [-0.05, 0) is 191 Å². The van der Waals surface area contributed by atoms with Gasteiger partial charge in [-0.15, -0.1) is 0 Å². The van der Waals surface area contributed by atoms with Crippen LogP contribution in [0.3, 0.4) is 0 Å². The molecule has 0 spiro atoms. The molecule has 1 heteroatoms. The number of nitrogens with zero attached hydrogens (tertiary/aromatic N) is 1. The van der Waals surface area contributed by atoms with Crippen LogP contribution in [-0.4, -0.2) is 18.5 Å². The van der Waals surface area contributed by atoms with Gasteiger partial charge in [0.2, 0.25) is 0 Å². The second-order valence-electron chi connectivity index (χ2n) is 18.2. The second-order valence-corrected chi connectivity index (χ2v) is 18.2. The molecule has 1 nitrogen and oxygen atoms in total. The second kappa shape index (κ2) is 11.1. The maximum absolute atomic E-state index is 2.52. The maximum Gasteiger partial charge on any atom is 0.0356 e. The minimum absolute atomic E-state index is 0.929. The number of rotatable bonds is 2. The first-order chi connectivity index (χ1) is 30.0. The van der Waals surface area contributed by atoms with Gasteiger partial charge < -0.3 is 4.90 Å². The minimum atomic E-state index is 0.929. The molecule has 15 rings (SSSR count). The number of likely N-dealkylation sites (N-methyl/N-ethyl adjacent to an activating group) is 1. The Labute approximate surface area is 353 Å². The molecule has 61 heavy (non-hydrogen) atoms. The van der Waals surface area contributed by atoms with Crippen LogP contribution in [0.25, 0.3) is 142 Å². The van der Waals surface area contributed by atoms with Gasteiger partial charge in [-0.1, -0.05) is 133 Å². The third-order valence-electron chi connectivity index (χ3n) is 15.5. The molecule has 1 heterocycles. The number of allylic oxidation sites excluding steroid dienone is 4. The Kier molecular flexibility index (Phi) is 5.95. The molecule has 0 radical (unpaired) electrons. The maximum atomic E-state index is 2.52. The summed E-state index contributed by atoms with van der Waals surface area (Å²) < 4.78 is 0. The third kappa shape index (κ3) is 3.82. The molecule has 0 fully saturated rings. The summed E-state index contributed by atoms with van der Waals surface area (Å²) in [6.07, 6.45) is 11.8. The van der Waals surface area contributed by atoms with E-state index in [1.54, 1.807) is 0 Å². The molecule has 0 N–H and O–H groups in total. The lowest BCUT2D eigenvalue weighted by Gasteiger charge is -2.26. The lowest BCUT2D eigenvalue weighted by atomic mass is 9.86. The van der Waals surface area contributed by atoms with Crippen molar-refractivity contribution < 1.29 is 0 Å². The highest BCUT2D eigenvalue weighted by atomic mass is 15.1. The van der Waals surface area contributed by atoms with E-state index in [0.717, 1.165) is 19.4 Å². The normalized spacial score (nSPS) is 15.0. The van der Waals surface area contributed by atoms with Gasteiger partial charge in [-0.2, -0.15) is 0 Å². The zero-order valence-corrected chi connectivity index (χ0v) is 34.4. The van der Waals surface area contributed by atoms with Crippen molar-refractivity contribution in [3.05, 3.63) is 168 Å². The summed E-state index contributed by atoms with van der Waals surface area (Å²) in [6.45, 7) is 5.47. The third-order valence-corrected chi connectivity index (χ3v) is 15.5. The highest BCUT2D eigenvalue weighted by molar-refractivity contribution is 6.49. The number of hydrogen-bond donors (Lipinski definition) is 0. The van der Waals surface area contributed by atoms with Gasteiger partial charge in [0.05, 0.1) is 0 Å². The summed E-state index contributed by atoms with van der Waals surface area (Å²) >= 11 is 0. The van der Waals surface area contributed by atoms with E-state index in [-0.39, 0.29) is 0 Å². The highest BCUT2D eigenvalue weighted by Gasteiger charge is 2.31. The molecule has 284 valence electrons. The van der Waals surface area contributed by atoms with Crippen molar-refractivity contribution in [2.75, 3.05) is 13.6 Å². The van der Waals surface area contributed by atoms with Crippen LogP contribution in [0.15, 0.2) is 145 Å². The molecule has 0 saturated carbocycles. The number of fused-ring (bicyclic) bond motifs is 14. The Morgan fingerprint density at radius 1 is 0.443 bits per heavy atom. The van der Waals surface area contributed by atoms with Crippen LogP contribution in [0.5, 0.6) is 0 Å². The van der Waals surface area contributed by atoms with E-state index in [9.17, 15) is 0 Å². The van der Waals surface area contributed by atoms with Crippen LogP contribution in [0.2, 0.25) is 0 Å². The monoisotopic (exact) mass is 773 g/mol. The lowest BCUT2D eigenvalue weighted by molar-refractivity contribution is 0.464. The first-order valence-electron chi connectivity index (χ1n) is 22.0. The summed E-state index contributed by atoms with van der Waals surface area (Å²) in [4.78, 5) is 2.42. The van der Waals surface area contributed by atoms with Gasteiger partial charge in [-0.3, -0.25) is 0 Å². The van der Waals surface area contributed by atoms with Crippen molar-refractivity contribution in [1.82, 2.24) is 4.90 Å². The Balaban J connectivity index is 1.11. The van der Waals surface area contributed by atoms with E-state index >= 15 is 0 Å². The summed E-state index contributed by atoms with van der Waals surface area (Å²) in [6, 6.07) is 47.2. The van der Waals surface area contributed by atoms with E-state index in [0.29, 0.717) is 0 Å². The quantitative estimate of drug-likeness (QED) is 0.125. The van der Waals surface area contributed by atoms with Crippen LogP contribution in [-0.2, 0) is 6.42 Å². The number of hydrogen-bond acceptors (Lipinski definition) is 1. The largest absolute Gasteiger partial charge is 0.374 e. The van der Waals surface area contributed by atoms with E-state index in [1.165, 1.54) is 164 Å². The van der Waals surface area contributed by atoms with Crippen molar-refractivity contribution in [1.29, 1.82) is 0 Å². The molecular formula is C60H39N. The summed E-state index contributed by atoms with van der Waals surface area (Å²) in [5, 5.41) is 25.1. The van der Waals surface area contributed by atoms with Crippen LogP contribution in [0, 0.1) is 6.92 Å². The summed E-state index contributed by atoms with van der Waals surface area (Å²) in [5.41, 5.74) is 16.3. The molecule has 12 aromatic rings. The molecule has 0 atom stereocenters. The summed E-state index contributed by atoms with van der Waals surface area (Å²) in [7, 11) is 2.24. The molecule has 0 aromatic heterocycles. The Morgan fingerprint density at radius 3 is 1.92 bits per heavy atom. The average Bonchev–Trinajstić information content (AvgIpc) is 3.94. The SMILES string of the molecule is CC1=C(c2c3cc4ccccc4c4c5c(c(c34)c3c4ccc6c7ccc8c9c(ccc(c%10ccc(c23)c4c%106)c97)-c2ccc(-c3ccccc3C)cc2-8)C=CCC5)C=CCN1C. The Morgan fingerprint density at radius 2 is 1.10 bits per heavy atom. The van der Waals surface area contributed by atoms with Crippen molar-refractivity contribution in [2.45, 2.75) is 26.7 Å². The Hall–Kier alpha value is -7.22. The predicted molar refractivity (Wildman–Crippen MR) is 264 cm³/mol. The van der Waals surface area contributed by atoms with Crippen LogP contribution in [0.1, 0.15) is 35.6 Å². The number of benzene rings is 10. The predicted octanol–water partition coefficient (Wildman–Crippen LogP) is 16.2. The van der Waals surface area contributed by atoms with Gasteiger partial charge >= 0.3 is 0 Å². The van der Waals surface area contributed by atoms with Crippen LogP contribution in [0.4, 0.5) is 0 Å². The van der Waals surface area contributed by atoms with Gasteiger partial charge in [-0.25, -0.2) is 0 Å². The van der Waals surface area contributed by atoms with E-state index < -0.39 is 0 Å². The van der Waals surface area contributed by atoms with E-state index in [1.807, 2.05) is 0 Å². The Bertz CT molecular complexity index is 4070. The molecule has 0 bridgehead atoms. The number of aryl methyl sites for hydroxylation is 2. The van der Waals surface area contributed by atoms with Gasteiger partial charge in [0, 0.05) is 24.9 Å². The average molecular weight is 774 g/mol. The molecule has 0 amide bonds. The zero-order chi connectivity index (χ0) is 40.0. The highest BCUT2D eigenvalue weighted by Crippen LogP contribution is 2.58. The fourth-order valence-electron chi connectivity index (χ4n) is 12.8. The fourth-order valence-corrected chi connectivity index (χ4v) is 12.8. The lowest BCUT2D eigenvalue weighted by Crippen LogP contribution is -2.19. The zero-order valence-electron chi connectivity index (χ0n) is 34.4.